The Balaban J connectivity index is 2.42. The molecule has 13 nitrogen and oxygen atoms in total. The van der Waals surface area contributed by atoms with Gasteiger partial charge in [-0.25, -0.2) is 4.79 Å². The Labute approximate surface area is 286 Å². The molecule has 1 aromatic heterocycles. The lowest BCUT2D eigenvalue weighted by Gasteiger charge is -2.44. The van der Waals surface area contributed by atoms with Crippen LogP contribution in [0.4, 0.5) is 0 Å². The summed E-state index contributed by atoms with van der Waals surface area (Å²) < 4.78 is 29.3. The van der Waals surface area contributed by atoms with E-state index >= 15 is 0 Å². The average molecular weight is 686 g/mol. The number of fused-ring (bicyclic) bond motifs is 1. The summed E-state index contributed by atoms with van der Waals surface area (Å²) in [5, 5.41) is 12.3. The van der Waals surface area contributed by atoms with Gasteiger partial charge < -0.3 is 28.8 Å². The van der Waals surface area contributed by atoms with Gasteiger partial charge in [-0.1, -0.05) is 60.3 Å². The van der Waals surface area contributed by atoms with Gasteiger partial charge in [0, 0.05) is 50.1 Å². The van der Waals surface area contributed by atoms with Crippen molar-refractivity contribution in [1.82, 2.24) is 4.98 Å². The van der Waals surface area contributed by atoms with Crippen LogP contribution in [0, 0.1) is 29.1 Å². The highest BCUT2D eigenvalue weighted by Gasteiger charge is 2.63. The van der Waals surface area contributed by atoms with Crippen LogP contribution < -0.4 is 0 Å². The van der Waals surface area contributed by atoms with Gasteiger partial charge in [0.15, 0.2) is 24.1 Å². The van der Waals surface area contributed by atoms with Gasteiger partial charge in [-0.05, 0) is 24.5 Å². The topological polar surface area (TPSA) is 182 Å². The SMILES string of the molecule is C=C1C(OC(=O)C(C)C)C(OC(C)=O)C(OC(=O)c2cccnc2)C(C)(C)C=CC(C)C(=O)C2(O)CC(C)C(OC(C)=O)C2C1OC(C)=O. The Morgan fingerprint density at radius 3 is 2.04 bits per heavy atom. The van der Waals surface area contributed by atoms with Gasteiger partial charge in [-0.15, -0.1) is 0 Å². The minimum Gasteiger partial charge on any atom is -0.462 e. The first-order valence-electron chi connectivity index (χ1n) is 16.2. The van der Waals surface area contributed by atoms with Crippen molar-refractivity contribution in [1.29, 1.82) is 0 Å². The molecule has 9 unspecified atom stereocenters. The van der Waals surface area contributed by atoms with Crippen LogP contribution in [0.25, 0.3) is 0 Å². The number of allylic oxidation sites excluding steroid dienone is 1. The molecular formula is C36H47NO12. The van der Waals surface area contributed by atoms with Crippen molar-refractivity contribution < 1.29 is 57.6 Å². The van der Waals surface area contributed by atoms with Gasteiger partial charge in [0.2, 0.25) is 0 Å². The van der Waals surface area contributed by atoms with E-state index in [4.69, 9.17) is 23.7 Å². The number of ether oxygens (including phenoxy) is 5. The Kier molecular flexibility index (Phi) is 12.3. The van der Waals surface area contributed by atoms with Crippen molar-refractivity contribution >= 4 is 35.6 Å². The van der Waals surface area contributed by atoms with E-state index in [0.29, 0.717) is 0 Å². The van der Waals surface area contributed by atoms with E-state index in [1.807, 2.05) is 0 Å². The van der Waals surface area contributed by atoms with Crippen molar-refractivity contribution in [2.75, 3.05) is 0 Å². The average Bonchev–Trinajstić information content (AvgIpc) is 3.26. The molecule has 1 N–H and O–H groups in total. The van der Waals surface area contributed by atoms with Crippen molar-refractivity contribution in [3.05, 3.63) is 54.4 Å². The third-order valence-corrected chi connectivity index (χ3v) is 8.88. The third kappa shape index (κ3) is 8.80. The first kappa shape index (κ1) is 39.1. The van der Waals surface area contributed by atoms with Gasteiger partial charge in [-0.2, -0.15) is 0 Å². The standard InChI is InChI=1S/C36H47NO12/c1-18(2)33(42)48-29-21(5)28(46-23(7)39)26-27(45-22(6)38)20(4)16-36(26,44)31(41)19(3)13-14-35(9,10)32(30(29)47-24(8)40)49-34(43)25-12-11-15-37-17-25/h11-15,17-20,26-30,32,44H,5,16H2,1-4,6-10H3. The van der Waals surface area contributed by atoms with E-state index in [2.05, 4.69) is 11.6 Å². The number of Topliss-reactive ketones (excluding diaryl/α,β-unsaturated/α-hetero) is 1. The number of rotatable bonds is 7. The molecule has 49 heavy (non-hydrogen) atoms. The van der Waals surface area contributed by atoms with Crippen molar-refractivity contribution in [3.8, 4) is 0 Å². The minimum atomic E-state index is -2.23. The van der Waals surface area contributed by atoms with Crippen LogP contribution in [0.1, 0.15) is 79.1 Å². The maximum absolute atomic E-state index is 14.2. The maximum atomic E-state index is 14.2. The molecule has 0 aromatic carbocycles. The molecular weight excluding hydrogens is 638 g/mol. The molecule has 0 amide bonds. The summed E-state index contributed by atoms with van der Waals surface area (Å²) in [5.74, 6) is -8.43. The van der Waals surface area contributed by atoms with E-state index in [1.54, 1.807) is 47.6 Å². The molecule has 9 atom stereocenters. The van der Waals surface area contributed by atoms with Crippen LogP contribution in [0.2, 0.25) is 0 Å². The molecule has 2 aliphatic carbocycles. The smallest absolute Gasteiger partial charge is 0.340 e. The van der Waals surface area contributed by atoms with Gasteiger partial charge in [-0.3, -0.25) is 29.0 Å². The normalized spacial score (nSPS) is 31.4. The quantitative estimate of drug-likeness (QED) is 0.249. The number of aromatic nitrogens is 1. The lowest BCUT2D eigenvalue weighted by molar-refractivity contribution is -0.185. The molecule has 3 rings (SSSR count). The first-order chi connectivity index (χ1) is 22.7. The summed E-state index contributed by atoms with van der Waals surface area (Å²) in [7, 11) is 0. The maximum Gasteiger partial charge on any atom is 0.340 e. The van der Waals surface area contributed by atoms with E-state index in [-0.39, 0.29) is 17.6 Å². The van der Waals surface area contributed by atoms with Crippen LogP contribution in [0.15, 0.2) is 48.8 Å². The number of carbonyl (C=O) groups is 6. The summed E-state index contributed by atoms with van der Waals surface area (Å²) in [6, 6.07) is 3.00. The molecule has 2 aliphatic rings. The second-order valence-electron chi connectivity index (χ2n) is 13.8. The fourth-order valence-corrected chi connectivity index (χ4v) is 6.52. The molecule has 0 saturated heterocycles. The van der Waals surface area contributed by atoms with Crippen molar-refractivity contribution in [3.63, 3.8) is 0 Å². The molecule has 1 fully saturated rings. The molecule has 1 aromatic rings. The third-order valence-electron chi connectivity index (χ3n) is 8.88. The summed E-state index contributed by atoms with van der Waals surface area (Å²) in [6.45, 7) is 17.2. The highest BCUT2D eigenvalue weighted by molar-refractivity contribution is 5.91. The van der Waals surface area contributed by atoms with Gasteiger partial charge in [0.1, 0.15) is 17.8 Å². The molecule has 0 bridgehead atoms. The van der Waals surface area contributed by atoms with Crippen LogP contribution >= 0.6 is 0 Å². The van der Waals surface area contributed by atoms with Crippen LogP contribution in [-0.4, -0.2) is 81.8 Å². The van der Waals surface area contributed by atoms with E-state index in [0.717, 1.165) is 20.8 Å². The summed E-state index contributed by atoms with van der Waals surface area (Å²) in [4.78, 5) is 83.0. The number of aliphatic hydroxyl groups is 1. The summed E-state index contributed by atoms with van der Waals surface area (Å²) in [6.07, 6.45) is -1.86. The van der Waals surface area contributed by atoms with Crippen LogP contribution in [0.3, 0.4) is 0 Å². The number of nitrogens with zero attached hydrogens (tertiary/aromatic N) is 1. The number of pyridine rings is 1. The second kappa shape index (κ2) is 15.4. The van der Waals surface area contributed by atoms with E-state index in [1.165, 1.54) is 30.6 Å². The lowest BCUT2D eigenvalue weighted by atomic mass is 9.72. The Hall–Kier alpha value is -4.39. The van der Waals surface area contributed by atoms with E-state index < -0.39 is 101 Å². The Morgan fingerprint density at radius 2 is 1.51 bits per heavy atom. The van der Waals surface area contributed by atoms with E-state index in [9.17, 15) is 33.9 Å². The Bertz CT molecular complexity index is 1480. The number of ketones is 1. The number of carbonyl (C=O) groups excluding carboxylic acids is 6. The number of esters is 5. The van der Waals surface area contributed by atoms with Gasteiger partial charge in [0.05, 0.1) is 17.4 Å². The van der Waals surface area contributed by atoms with Crippen molar-refractivity contribution in [2.45, 2.75) is 105 Å². The zero-order chi connectivity index (χ0) is 37.0. The largest absolute Gasteiger partial charge is 0.462 e. The predicted octanol–water partition coefficient (Wildman–Crippen LogP) is 3.71. The minimum absolute atomic E-state index is 0.0695. The Morgan fingerprint density at radius 1 is 0.918 bits per heavy atom. The fraction of sp³-hybridized carbons (Fsp3) is 0.583. The number of hydrogen-bond donors (Lipinski definition) is 1. The van der Waals surface area contributed by atoms with Gasteiger partial charge in [0.25, 0.3) is 0 Å². The first-order valence-corrected chi connectivity index (χ1v) is 16.2. The molecule has 0 spiro atoms. The highest BCUT2D eigenvalue weighted by atomic mass is 16.6. The van der Waals surface area contributed by atoms with Crippen molar-refractivity contribution in [2.24, 2.45) is 29.1 Å². The predicted molar refractivity (Wildman–Crippen MR) is 173 cm³/mol. The molecule has 1 saturated carbocycles. The number of hydrogen-bond acceptors (Lipinski definition) is 13. The molecule has 1 heterocycles. The van der Waals surface area contributed by atoms with Crippen LogP contribution in [-0.2, 0) is 47.7 Å². The zero-order valence-electron chi connectivity index (χ0n) is 29.5. The highest BCUT2D eigenvalue weighted by Crippen LogP contribution is 2.49. The molecule has 13 heteroatoms. The monoisotopic (exact) mass is 685 g/mol. The molecule has 0 aliphatic heterocycles. The zero-order valence-corrected chi connectivity index (χ0v) is 29.5. The molecule has 0 radical (unpaired) electrons. The summed E-state index contributed by atoms with van der Waals surface area (Å²) in [5.41, 5.74) is -3.63. The second-order valence-corrected chi connectivity index (χ2v) is 13.8. The summed E-state index contributed by atoms with van der Waals surface area (Å²) >= 11 is 0. The fourth-order valence-electron chi connectivity index (χ4n) is 6.52. The van der Waals surface area contributed by atoms with Crippen LogP contribution in [0.5, 0.6) is 0 Å². The molecule has 268 valence electrons. The lowest BCUT2D eigenvalue weighted by Crippen LogP contribution is -2.58. The van der Waals surface area contributed by atoms with Gasteiger partial charge >= 0.3 is 29.8 Å².